The minimum Gasteiger partial charge on any atom is -0.481 e. The number of aliphatic hydroxyl groups excluding tert-OH is 3. The number of Topliss-reactive ketones (excluding diaryl/α,β-unsaturated/α-hetero) is 1. The molecule has 5 aliphatic rings. The molecule has 16 atom stereocenters. The highest BCUT2D eigenvalue weighted by Gasteiger charge is 2.53. The van der Waals surface area contributed by atoms with Gasteiger partial charge in [-0.1, -0.05) is 82.3 Å². The number of imidazole rings is 1. The van der Waals surface area contributed by atoms with E-state index in [9.17, 15) is 49.2 Å². The molecule has 1 aliphatic carbocycles. The number of nitrogens with one attached hydrogen (secondary N) is 1. The highest BCUT2D eigenvalue weighted by molar-refractivity contribution is 6.39. The fraction of sp³-hybridized carbons (Fsp3) is 0.635. The number of fused-ring (bicyclic) bond motifs is 6. The average molecular weight is 1840 g/mol. The molecule has 35 heteroatoms. The van der Waals surface area contributed by atoms with Crippen molar-refractivity contribution >= 4 is 62.8 Å². The van der Waals surface area contributed by atoms with Gasteiger partial charge in [-0.3, -0.25) is 33.3 Å². The molecule has 2 aromatic carbocycles. The first-order valence-electron chi connectivity index (χ1n) is 45.8. The summed E-state index contributed by atoms with van der Waals surface area (Å²) in [4.78, 5) is 103. The van der Waals surface area contributed by atoms with E-state index in [0.717, 1.165) is 22.8 Å². The van der Waals surface area contributed by atoms with E-state index in [-0.39, 0.29) is 152 Å². The number of methoxy groups -OCH3 is 4. The quantitative estimate of drug-likeness (QED) is 0.00840. The van der Waals surface area contributed by atoms with Crippen LogP contribution in [-0.4, -0.2) is 299 Å². The standard InChI is InChI=1S/C96H136F3N9O23/c1-61-18-14-13-15-19-62(2)81(119-9)56-72-26-21-67(7)95(118,131-72)91(114)92(115)107-33-17-16-20-77(107)93(116)130-82(64(4)52-68-22-29-79(109)83(53-68)120-10)57-80(110)63(3)51-66(6)89(113)90(122-12)87(65(5)50-61)103-129-60-84(111)100-32-39-124-41-43-126-45-47-128-49-48-127-46-44-125-42-40-123-38-31-86(112)106-36-34-105(35-37-106)76-28-25-71(55-74(76)96(97,98)99)108-88-73-54-69(70-24-30-85(121-11)102-58-70)23-27-75(73)101-59-78(88)104(8)94(108)117/h13-15,18-19,23-25,27-28,30,51,54-55,58-59,61,63-65,67-68,72,77,79-83,89-90,109-110,113,118H,16-17,20-22,26,29,31-50,52-53,56-57,60H2,1-12H3,(H,100,111)/b15-13+,18-14+,62-19+,66-51+,103-87?/t61-,63-,64-,65-,67-,68+,72+,77+,79-,80-,81+,82+,83-,89-,90+,95-/m1/s1. The second-order valence-corrected chi connectivity index (χ2v) is 35.0. The molecule has 3 amide bonds. The summed E-state index contributed by atoms with van der Waals surface area (Å²) in [5.41, 5.74) is 3.06. The van der Waals surface area contributed by atoms with Crippen LogP contribution in [0.5, 0.6) is 5.88 Å². The lowest BCUT2D eigenvalue weighted by Gasteiger charge is -2.43. The Hall–Kier alpha value is -8.92. The van der Waals surface area contributed by atoms with Crippen LogP contribution in [0.3, 0.4) is 0 Å². The van der Waals surface area contributed by atoms with E-state index in [1.54, 1.807) is 76.2 Å². The first-order valence-corrected chi connectivity index (χ1v) is 45.8. The topological polar surface area (TPSA) is 373 Å². The molecule has 724 valence electrons. The molecule has 0 unspecified atom stereocenters. The molecule has 0 radical (unpaired) electrons. The molecule has 131 heavy (non-hydrogen) atoms. The molecule has 3 aromatic heterocycles. The SMILES string of the molecule is COc1ccc(-c2ccc3ncc4c(c3c2)n(-c2ccc(N3CCN(C(=O)CCOCCOCCOCCOCCOCCOCCNC(=O)CON=C5[C@H](C)C[C@H](C)/C=C/C=C/C=C(\C)[C@@H](OC)C[C@@H]6CC[C@@H](C)[C@@](O)(O6)C(=O)C(=O)N6CCCC[C@H]6C(=O)O[C@H]([C@H](C)C[C@@H]6CC[C@@H](O)[C@H](OC)C6)C[C@@H](O)[C@H](C)/C=C(\C)[C@@H](O)[C@H]5OC)CC3)c(C(F)(F)F)c2)c(=O)n4C)cn1. The maximum absolute atomic E-state index is 15.0. The van der Waals surface area contributed by atoms with Crippen molar-refractivity contribution in [1.82, 2.24) is 34.2 Å². The molecule has 5 aromatic rings. The van der Waals surface area contributed by atoms with Gasteiger partial charge in [-0.25, -0.2) is 14.6 Å². The number of ether oxygens (including phenoxy) is 12. The number of aliphatic hydroxyl groups is 4. The van der Waals surface area contributed by atoms with Crippen LogP contribution in [0.4, 0.5) is 18.9 Å². The third kappa shape index (κ3) is 28.8. The molecule has 2 bridgehead atoms. The number of pyridine rings is 2. The highest BCUT2D eigenvalue weighted by Crippen LogP contribution is 2.42. The van der Waals surface area contributed by atoms with Crippen molar-refractivity contribution in [3.8, 4) is 22.7 Å². The molecule has 7 heterocycles. The summed E-state index contributed by atoms with van der Waals surface area (Å²) >= 11 is 0. The number of rotatable bonds is 34. The molecular formula is C96H136F3N9O23. The second-order valence-electron chi connectivity index (χ2n) is 35.0. The molecular weight excluding hydrogens is 1700 g/mol. The summed E-state index contributed by atoms with van der Waals surface area (Å²) in [6.07, 6.45) is 8.47. The smallest absolute Gasteiger partial charge is 0.418 e. The van der Waals surface area contributed by atoms with Crippen LogP contribution in [0.25, 0.3) is 38.8 Å². The van der Waals surface area contributed by atoms with Crippen LogP contribution in [0.1, 0.15) is 138 Å². The zero-order valence-corrected chi connectivity index (χ0v) is 77.8. The van der Waals surface area contributed by atoms with E-state index in [2.05, 4.69) is 20.4 Å². The summed E-state index contributed by atoms with van der Waals surface area (Å²) in [7, 11) is 7.64. The molecule has 10 rings (SSSR count). The van der Waals surface area contributed by atoms with Gasteiger partial charge in [0.1, 0.15) is 24.4 Å². The number of aryl methyl sites for hydroxylation is 1. The fourth-order valence-corrected chi connectivity index (χ4v) is 17.9. The normalized spacial score (nSPS) is 27.7. The van der Waals surface area contributed by atoms with Crippen molar-refractivity contribution in [3.05, 3.63) is 125 Å². The number of esters is 1. The fourth-order valence-electron chi connectivity index (χ4n) is 17.9. The minimum absolute atomic E-state index is 0.0378. The van der Waals surface area contributed by atoms with E-state index in [1.807, 2.05) is 76.3 Å². The molecule has 3 saturated heterocycles. The Morgan fingerprint density at radius 1 is 0.702 bits per heavy atom. The highest BCUT2D eigenvalue weighted by atomic mass is 19.4. The molecule has 4 fully saturated rings. The minimum atomic E-state index is -4.78. The van der Waals surface area contributed by atoms with E-state index in [0.29, 0.717) is 137 Å². The average Bonchev–Trinajstić information content (AvgIpc) is 1.59. The number of alkyl halides is 3. The number of oxime groups is 1. The summed E-state index contributed by atoms with van der Waals surface area (Å²) in [5.74, 6) is -7.70. The van der Waals surface area contributed by atoms with Crippen molar-refractivity contribution < 1.29 is 119 Å². The van der Waals surface area contributed by atoms with Gasteiger partial charge >= 0.3 is 17.8 Å². The zero-order chi connectivity index (χ0) is 94.5. The van der Waals surface area contributed by atoms with E-state index >= 15 is 13.2 Å². The Labute approximate surface area is 765 Å². The number of benzene rings is 2. The van der Waals surface area contributed by atoms with Gasteiger partial charge in [0, 0.05) is 127 Å². The second kappa shape index (κ2) is 51.0. The summed E-state index contributed by atoms with van der Waals surface area (Å²) in [5, 5.41) is 55.1. The van der Waals surface area contributed by atoms with E-state index in [1.165, 1.54) is 46.6 Å². The molecule has 5 N–H and O–H groups in total. The van der Waals surface area contributed by atoms with Gasteiger partial charge < -0.3 is 102 Å². The van der Waals surface area contributed by atoms with Crippen LogP contribution >= 0.6 is 0 Å². The van der Waals surface area contributed by atoms with Crippen molar-refractivity contribution in [2.45, 2.75) is 199 Å². The monoisotopic (exact) mass is 1840 g/mol. The number of amides is 3. The first kappa shape index (κ1) is 104. The number of cyclic esters (lactones) is 1. The number of allylic oxidation sites excluding steroid dienone is 5. The van der Waals surface area contributed by atoms with Crippen LogP contribution in [0.15, 0.2) is 118 Å². The molecule has 0 spiro atoms. The van der Waals surface area contributed by atoms with Crippen molar-refractivity contribution in [1.29, 1.82) is 0 Å². The largest absolute Gasteiger partial charge is 0.481 e. The third-order valence-electron chi connectivity index (χ3n) is 25.6. The van der Waals surface area contributed by atoms with Crippen LogP contribution in [0, 0.1) is 35.5 Å². The predicted molar refractivity (Wildman–Crippen MR) is 484 cm³/mol. The van der Waals surface area contributed by atoms with E-state index in [4.69, 9.17) is 61.7 Å². The number of aromatic nitrogens is 4. The Bertz CT molecular complexity index is 4750. The predicted octanol–water partition coefficient (Wildman–Crippen LogP) is 10.0. The Morgan fingerprint density at radius 2 is 1.38 bits per heavy atom. The van der Waals surface area contributed by atoms with Gasteiger partial charge in [0.25, 0.3) is 17.6 Å². The van der Waals surface area contributed by atoms with Crippen LogP contribution < -0.4 is 20.6 Å². The number of hydrogen-bond acceptors (Lipinski definition) is 27. The summed E-state index contributed by atoms with van der Waals surface area (Å²) < 4.78 is 117. The van der Waals surface area contributed by atoms with Gasteiger partial charge in [0.15, 0.2) is 6.61 Å². The number of piperidine rings is 1. The number of nitrogens with zero attached hydrogens (tertiary/aromatic N) is 8. The van der Waals surface area contributed by atoms with Crippen molar-refractivity contribution in [2.75, 3.05) is 158 Å². The number of carbonyl (C=O) groups is 5. The first-order chi connectivity index (χ1) is 62.9. The van der Waals surface area contributed by atoms with Crippen molar-refractivity contribution in [2.24, 2.45) is 47.7 Å². The Kier molecular flexibility index (Phi) is 40.5. The van der Waals surface area contributed by atoms with E-state index < -0.39 is 114 Å². The lowest BCUT2D eigenvalue weighted by molar-refractivity contribution is -0.265. The number of carbonyl (C=O) groups excluding carboxylic acids is 5. The van der Waals surface area contributed by atoms with Crippen molar-refractivity contribution in [3.63, 3.8) is 0 Å². The summed E-state index contributed by atoms with van der Waals surface area (Å²) in [6.45, 7) is 16.7. The lowest BCUT2D eigenvalue weighted by atomic mass is 9.78. The lowest BCUT2D eigenvalue weighted by Crippen LogP contribution is -2.61. The van der Waals surface area contributed by atoms with Crippen LogP contribution in [-0.2, 0) is 94.1 Å². The zero-order valence-electron chi connectivity index (χ0n) is 77.8. The van der Waals surface area contributed by atoms with Crippen LogP contribution in [0.2, 0.25) is 0 Å². The maximum Gasteiger partial charge on any atom is 0.418 e. The number of ketones is 1. The van der Waals surface area contributed by atoms with Gasteiger partial charge in [0.2, 0.25) is 17.6 Å². The number of anilines is 1. The van der Waals surface area contributed by atoms with Gasteiger partial charge in [-0.15, -0.1) is 0 Å². The molecule has 32 nitrogen and oxygen atoms in total. The maximum atomic E-state index is 15.0. The Balaban J connectivity index is 0.620. The molecule has 4 aliphatic heterocycles. The number of piperazine rings is 1. The van der Waals surface area contributed by atoms with Gasteiger partial charge in [-0.2, -0.15) is 13.2 Å². The molecule has 1 saturated carbocycles. The third-order valence-corrected chi connectivity index (χ3v) is 25.6. The number of halogens is 3. The Morgan fingerprint density at radius 3 is 2.03 bits per heavy atom. The van der Waals surface area contributed by atoms with Gasteiger partial charge in [0.05, 0.1) is 163 Å². The van der Waals surface area contributed by atoms with Gasteiger partial charge in [-0.05, 0) is 149 Å². The number of hydrogen-bond donors (Lipinski definition) is 5. The summed E-state index contributed by atoms with van der Waals surface area (Å²) in [6, 6.07) is 11.8.